The molecule has 0 saturated carbocycles. The molecule has 0 fully saturated rings. The maximum absolute atomic E-state index is 12.8. The van der Waals surface area contributed by atoms with Crippen molar-refractivity contribution in [3.63, 3.8) is 0 Å². The van der Waals surface area contributed by atoms with Gasteiger partial charge >= 0.3 is 0 Å². The van der Waals surface area contributed by atoms with E-state index in [4.69, 9.17) is 23.2 Å². The summed E-state index contributed by atoms with van der Waals surface area (Å²) in [4.78, 5) is 18.4. The van der Waals surface area contributed by atoms with Gasteiger partial charge in [0.2, 0.25) is 0 Å². The van der Waals surface area contributed by atoms with E-state index in [1.807, 2.05) is 6.92 Å². The normalized spacial score (nSPS) is 11.8. The number of hydrogen-bond acceptors (Lipinski definition) is 5. The summed E-state index contributed by atoms with van der Waals surface area (Å²) >= 11 is 11.9. The second kappa shape index (κ2) is 8.83. The highest BCUT2D eigenvalue weighted by molar-refractivity contribution is 6.31. The Labute approximate surface area is 166 Å². The molecule has 0 aliphatic heterocycles. The van der Waals surface area contributed by atoms with Crippen LogP contribution in [0.3, 0.4) is 0 Å². The van der Waals surface area contributed by atoms with E-state index in [2.05, 4.69) is 25.8 Å². The highest BCUT2D eigenvalue weighted by atomic mass is 35.5. The van der Waals surface area contributed by atoms with Crippen molar-refractivity contribution < 1.29 is 4.79 Å². The van der Waals surface area contributed by atoms with Crippen LogP contribution in [0.1, 0.15) is 23.7 Å². The number of anilines is 1. The van der Waals surface area contributed by atoms with Crippen LogP contribution in [0.25, 0.3) is 5.69 Å². The summed E-state index contributed by atoms with van der Waals surface area (Å²) in [5.74, 6) is 0.443. The number of halogens is 2. The molecule has 7 nitrogen and oxygen atoms in total. The summed E-state index contributed by atoms with van der Waals surface area (Å²) in [6.45, 7) is 2.52. The van der Waals surface area contributed by atoms with Crippen molar-refractivity contribution in [2.24, 2.45) is 0 Å². The number of nitrogens with zero attached hydrogens (tertiary/aromatic N) is 4. The molecule has 2 N–H and O–H groups in total. The molecule has 1 aromatic carbocycles. The van der Waals surface area contributed by atoms with Crippen LogP contribution in [-0.2, 0) is 0 Å². The third-order valence-electron chi connectivity index (χ3n) is 3.92. The Morgan fingerprint density at radius 3 is 2.56 bits per heavy atom. The summed E-state index contributed by atoms with van der Waals surface area (Å²) in [7, 11) is 0. The Morgan fingerprint density at radius 2 is 1.89 bits per heavy atom. The lowest BCUT2D eigenvalue weighted by atomic mass is 10.1. The molecule has 0 saturated heterocycles. The summed E-state index contributed by atoms with van der Waals surface area (Å²) < 4.78 is 0. The summed E-state index contributed by atoms with van der Waals surface area (Å²) in [6, 6.07) is 8.46. The lowest BCUT2D eigenvalue weighted by Crippen LogP contribution is -2.39. The van der Waals surface area contributed by atoms with Gasteiger partial charge in [0.25, 0.3) is 5.91 Å². The zero-order valence-corrected chi connectivity index (χ0v) is 16.1. The van der Waals surface area contributed by atoms with Gasteiger partial charge in [0.05, 0.1) is 28.7 Å². The van der Waals surface area contributed by atoms with E-state index in [1.165, 1.54) is 4.80 Å². The first-order chi connectivity index (χ1) is 13.1. The predicted molar refractivity (Wildman–Crippen MR) is 106 cm³/mol. The van der Waals surface area contributed by atoms with Crippen LogP contribution in [0.15, 0.2) is 48.9 Å². The maximum atomic E-state index is 12.8. The van der Waals surface area contributed by atoms with E-state index in [0.717, 1.165) is 6.42 Å². The number of rotatable bonds is 7. The minimum Gasteiger partial charge on any atom is -0.368 e. The molecular weight excluding hydrogens is 387 g/mol. The van der Waals surface area contributed by atoms with Crippen molar-refractivity contribution in [2.75, 3.05) is 11.9 Å². The van der Waals surface area contributed by atoms with Crippen molar-refractivity contribution >= 4 is 34.9 Å². The maximum Gasteiger partial charge on any atom is 0.253 e. The molecule has 0 aliphatic carbocycles. The molecule has 0 aliphatic rings. The highest BCUT2D eigenvalue weighted by Gasteiger charge is 2.18. The molecule has 140 valence electrons. The molecule has 0 unspecified atom stereocenters. The van der Waals surface area contributed by atoms with Crippen LogP contribution in [0.2, 0.25) is 10.0 Å². The summed E-state index contributed by atoms with van der Waals surface area (Å²) in [5, 5.41) is 15.4. The average Bonchev–Trinajstić information content (AvgIpc) is 3.20. The molecular formula is C18H18Cl2N6O. The number of carbonyl (C=O) groups excluding carboxylic acids is 1. The molecule has 3 aromatic rings. The number of carbonyl (C=O) groups is 1. The van der Waals surface area contributed by atoms with Crippen molar-refractivity contribution in [3.05, 3.63) is 64.5 Å². The first kappa shape index (κ1) is 19.1. The molecule has 9 heteroatoms. The number of benzene rings is 1. The quantitative estimate of drug-likeness (QED) is 0.628. The summed E-state index contributed by atoms with van der Waals surface area (Å²) in [5.41, 5.74) is 0.964. The Morgan fingerprint density at radius 1 is 1.15 bits per heavy atom. The second-order valence-electron chi connectivity index (χ2n) is 5.80. The van der Waals surface area contributed by atoms with Crippen molar-refractivity contribution in [1.82, 2.24) is 25.3 Å². The molecule has 2 aromatic heterocycles. The van der Waals surface area contributed by atoms with Gasteiger partial charge in [0.1, 0.15) is 5.82 Å². The lowest BCUT2D eigenvalue weighted by Gasteiger charge is -2.19. The first-order valence-electron chi connectivity index (χ1n) is 8.39. The van der Waals surface area contributed by atoms with E-state index < -0.39 is 0 Å². The number of amides is 1. The van der Waals surface area contributed by atoms with E-state index in [-0.39, 0.29) is 11.9 Å². The van der Waals surface area contributed by atoms with Gasteiger partial charge in [-0.1, -0.05) is 30.1 Å². The van der Waals surface area contributed by atoms with Gasteiger partial charge in [-0.05, 0) is 36.8 Å². The van der Waals surface area contributed by atoms with Gasteiger partial charge < -0.3 is 10.6 Å². The summed E-state index contributed by atoms with van der Waals surface area (Å²) in [6.07, 6.45) is 5.41. The topological polar surface area (TPSA) is 84.7 Å². The Kier molecular flexibility index (Phi) is 6.26. The molecule has 3 rings (SSSR count). The molecule has 2 heterocycles. The van der Waals surface area contributed by atoms with E-state index in [0.29, 0.717) is 33.7 Å². The van der Waals surface area contributed by atoms with Gasteiger partial charge in [-0.15, -0.1) is 0 Å². The van der Waals surface area contributed by atoms with Crippen molar-refractivity contribution in [1.29, 1.82) is 0 Å². The molecule has 0 spiro atoms. The Hall–Kier alpha value is -2.64. The van der Waals surface area contributed by atoms with Gasteiger partial charge in [-0.3, -0.25) is 4.79 Å². The zero-order valence-electron chi connectivity index (χ0n) is 14.6. The van der Waals surface area contributed by atoms with Gasteiger partial charge in [-0.2, -0.15) is 15.0 Å². The van der Waals surface area contributed by atoms with Gasteiger partial charge in [0.15, 0.2) is 0 Å². The fraction of sp³-hybridized carbons (Fsp3) is 0.222. The highest BCUT2D eigenvalue weighted by Crippen LogP contribution is 2.19. The first-order valence-corrected chi connectivity index (χ1v) is 9.15. The van der Waals surface area contributed by atoms with Crippen molar-refractivity contribution in [3.8, 4) is 5.69 Å². The smallest absolute Gasteiger partial charge is 0.253 e. The monoisotopic (exact) mass is 404 g/mol. The van der Waals surface area contributed by atoms with Crippen LogP contribution in [0, 0.1) is 0 Å². The number of aromatic nitrogens is 4. The van der Waals surface area contributed by atoms with Crippen LogP contribution in [0.5, 0.6) is 0 Å². The number of hydrogen-bond donors (Lipinski definition) is 2. The molecule has 27 heavy (non-hydrogen) atoms. The van der Waals surface area contributed by atoms with Gasteiger partial charge in [-0.25, -0.2) is 4.98 Å². The average molecular weight is 405 g/mol. The zero-order chi connectivity index (χ0) is 19.2. The largest absolute Gasteiger partial charge is 0.368 e. The van der Waals surface area contributed by atoms with Crippen LogP contribution in [-0.4, -0.2) is 38.5 Å². The third kappa shape index (κ3) is 4.96. The molecule has 0 bridgehead atoms. The third-order valence-corrected chi connectivity index (χ3v) is 4.38. The van der Waals surface area contributed by atoms with E-state index in [9.17, 15) is 4.79 Å². The number of nitrogens with one attached hydrogen (secondary N) is 2. The van der Waals surface area contributed by atoms with Gasteiger partial charge in [0, 0.05) is 23.8 Å². The SMILES string of the molecule is CC[C@@H](CNc1ccc(Cl)cn1)NC(=O)c1cc(Cl)ccc1-n1nccn1. The Balaban J connectivity index is 1.71. The van der Waals surface area contributed by atoms with Crippen LogP contribution >= 0.6 is 23.2 Å². The van der Waals surface area contributed by atoms with Crippen LogP contribution < -0.4 is 10.6 Å². The standard InChI is InChI=1S/C18H18Cl2N6O/c1-2-14(11-22-17-6-4-13(20)10-21-17)25-18(27)15-9-12(19)3-5-16(15)26-23-7-8-24-26/h3-10,14H,2,11H2,1H3,(H,21,22)(H,25,27)/t14-/m0/s1. The van der Waals surface area contributed by atoms with Crippen molar-refractivity contribution in [2.45, 2.75) is 19.4 Å². The molecule has 1 atom stereocenters. The van der Waals surface area contributed by atoms with Crippen LogP contribution in [0.4, 0.5) is 5.82 Å². The minimum atomic E-state index is -0.248. The predicted octanol–water partition coefficient (Wildman–Crippen LogP) is 3.59. The number of pyridine rings is 1. The molecule has 1 amide bonds. The molecule has 0 radical (unpaired) electrons. The fourth-order valence-corrected chi connectivity index (χ4v) is 2.76. The van der Waals surface area contributed by atoms with E-state index >= 15 is 0 Å². The lowest BCUT2D eigenvalue weighted by molar-refractivity contribution is 0.0937. The fourth-order valence-electron chi connectivity index (χ4n) is 2.47. The second-order valence-corrected chi connectivity index (χ2v) is 6.67. The Bertz CT molecular complexity index is 899. The van der Waals surface area contributed by atoms with E-state index in [1.54, 1.807) is 48.9 Å². The minimum absolute atomic E-state index is 0.104.